The predicted octanol–water partition coefficient (Wildman–Crippen LogP) is 0.467. The molecule has 2 rings (SSSR count). The summed E-state index contributed by atoms with van der Waals surface area (Å²) in [7, 11) is -3.60. The number of rotatable bonds is 2. The van der Waals surface area contributed by atoms with Crippen molar-refractivity contribution in [2.45, 2.75) is 24.0 Å². The fourth-order valence-electron chi connectivity index (χ4n) is 2.20. The molecule has 2 N–H and O–H groups in total. The average molecular weight is 310 g/mol. The van der Waals surface area contributed by atoms with Gasteiger partial charge >= 0.3 is 6.18 Å². The van der Waals surface area contributed by atoms with E-state index < -0.39 is 44.7 Å². The molecule has 0 spiro atoms. The molecule has 0 saturated carbocycles. The molecule has 1 aliphatic heterocycles. The van der Waals surface area contributed by atoms with Crippen LogP contribution >= 0.6 is 0 Å². The maximum atomic E-state index is 12.4. The van der Waals surface area contributed by atoms with Gasteiger partial charge in [0.2, 0.25) is 0 Å². The Morgan fingerprint density at radius 3 is 2.35 bits per heavy atom. The molecule has 3 atom stereocenters. The van der Waals surface area contributed by atoms with Crippen molar-refractivity contribution in [1.82, 2.24) is 10.9 Å². The maximum absolute atomic E-state index is 12.4. The van der Waals surface area contributed by atoms with Gasteiger partial charge in [-0.3, -0.25) is 4.79 Å². The van der Waals surface area contributed by atoms with Crippen LogP contribution in [0.4, 0.5) is 13.2 Å². The zero-order valence-electron chi connectivity index (χ0n) is 10.4. The molecule has 0 amide bonds. The van der Waals surface area contributed by atoms with Crippen LogP contribution in [-0.4, -0.2) is 38.0 Å². The van der Waals surface area contributed by atoms with Gasteiger partial charge in [0, 0.05) is 12.2 Å². The molecule has 0 radical (unpaired) electrons. The van der Waals surface area contributed by atoms with Crippen LogP contribution in [0.3, 0.4) is 0 Å². The Labute approximate surface area is 113 Å². The SMILES string of the molecule is CS(=O)(=O)C1NNC(C2C=CC(C(F)(F)F)=CC2)C1=O. The van der Waals surface area contributed by atoms with Gasteiger partial charge in [-0.05, 0) is 6.42 Å². The first-order chi connectivity index (χ1) is 9.10. The molecule has 20 heavy (non-hydrogen) atoms. The number of halogens is 3. The van der Waals surface area contributed by atoms with E-state index in [1.165, 1.54) is 6.08 Å². The number of sulfone groups is 1. The molecule has 2 aliphatic rings. The normalized spacial score (nSPS) is 31.5. The lowest BCUT2D eigenvalue weighted by molar-refractivity contribution is -0.119. The fourth-order valence-corrected chi connectivity index (χ4v) is 3.05. The molecular formula is C11H13F3N2O3S. The minimum atomic E-state index is -4.41. The Morgan fingerprint density at radius 1 is 1.30 bits per heavy atom. The lowest BCUT2D eigenvalue weighted by Gasteiger charge is -2.21. The van der Waals surface area contributed by atoms with Crippen LogP contribution in [0, 0.1) is 5.92 Å². The number of hydrogen-bond donors (Lipinski definition) is 2. The zero-order chi connectivity index (χ0) is 15.1. The van der Waals surface area contributed by atoms with Crippen molar-refractivity contribution < 1.29 is 26.4 Å². The van der Waals surface area contributed by atoms with Crippen LogP contribution in [0.15, 0.2) is 23.8 Å². The number of carbonyl (C=O) groups is 1. The molecule has 1 saturated heterocycles. The van der Waals surface area contributed by atoms with Crippen molar-refractivity contribution in [3.8, 4) is 0 Å². The molecule has 9 heteroatoms. The van der Waals surface area contributed by atoms with Crippen LogP contribution in [-0.2, 0) is 14.6 Å². The van der Waals surface area contributed by atoms with E-state index >= 15 is 0 Å². The van der Waals surface area contributed by atoms with Crippen molar-refractivity contribution in [1.29, 1.82) is 0 Å². The summed E-state index contributed by atoms with van der Waals surface area (Å²) in [5.74, 6) is -1.08. The average Bonchev–Trinajstić information content (AvgIpc) is 2.70. The molecule has 3 unspecified atom stereocenters. The second-order valence-electron chi connectivity index (χ2n) is 4.79. The minimum Gasteiger partial charge on any atom is -0.295 e. The van der Waals surface area contributed by atoms with Crippen LogP contribution in [0.5, 0.6) is 0 Å². The lowest BCUT2D eigenvalue weighted by atomic mass is 9.89. The third-order valence-corrected chi connectivity index (χ3v) is 4.46. The van der Waals surface area contributed by atoms with E-state index in [2.05, 4.69) is 10.9 Å². The van der Waals surface area contributed by atoms with Crippen LogP contribution < -0.4 is 10.9 Å². The first kappa shape index (κ1) is 15.2. The van der Waals surface area contributed by atoms with Gasteiger partial charge in [-0.1, -0.05) is 18.2 Å². The third kappa shape index (κ3) is 2.94. The summed E-state index contributed by atoms with van der Waals surface area (Å²) in [4.78, 5) is 11.9. The maximum Gasteiger partial charge on any atom is 0.416 e. The predicted molar refractivity (Wildman–Crippen MR) is 65.1 cm³/mol. The second-order valence-corrected chi connectivity index (χ2v) is 6.92. The van der Waals surface area contributed by atoms with E-state index in [-0.39, 0.29) is 6.42 Å². The van der Waals surface area contributed by atoms with Crippen LogP contribution in [0.25, 0.3) is 0 Å². The summed E-state index contributed by atoms with van der Waals surface area (Å²) in [5, 5.41) is -1.35. The van der Waals surface area contributed by atoms with Crippen molar-refractivity contribution in [2.24, 2.45) is 5.92 Å². The fraction of sp³-hybridized carbons (Fsp3) is 0.545. The van der Waals surface area contributed by atoms with E-state index in [1.807, 2.05) is 0 Å². The summed E-state index contributed by atoms with van der Waals surface area (Å²) in [6.45, 7) is 0. The number of hydrazine groups is 1. The van der Waals surface area contributed by atoms with Gasteiger partial charge in [-0.2, -0.15) is 13.2 Å². The first-order valence-electron chi connectivity index (χ1n) is 5.80. The number of nitrogens with one attached hydrogen (secondary N) is 2. The smallest absolute Gasteiger partial charge is 0.295 e. The summed E-state index contributed by atoms with van der Waals surface area (Å²) in [6.07, 6.45) is -0.269. The molecule has 0 aromatic rings. The van der Waals surface area contributed by atoms with Gasteiger partial charge in [0.25, 0.3) is 0 Å². The highest BCUT2D eigenvalue weighted by molar-refractivity contribution is 7.92. The molecule has 0 aromatic heterocycles. The van der Waals surface area contributed by atoms with E-state index in [0.29, 0.717) is 0 Å². The number of alkyl halides is 3. The molecule has 1 fully saturated rings. The second kappa shape index (κ2) is 4.97. The highest BCUT2D eigenvalue weighted by Crippen LogP contribution is 2.32. The number of allylic oxidation sites excluding steroid dienone is 3. The summed E-state index contributed by atoms with van der Waals surface area (Å²) in [6, 6.07) is -0.850. The molecule has 5 nitrogen and oxygen atoms in total. The summed E-state index contributed by atoms with van der Waals surface area (Å²) < 4.78 is 60.0. The van der Waals surface area contributed by atoms with Crippen molar-refractivity contribution >= 4 is 15.6 Å². The Balaban J connectivity index is 2.09. The summed E-state index contributed by atoms with van der Waals surface area (Å²) >= 11 is 0. The molecular weight excluding hydrogens is 297 g/mol. The van der Waals surface area contributed by atoms with Gasteiger partial charge in [-0.25, -0.2) is 19.3 Å². The molecule has 0 aromatic carbocycles. The number of carbonyl (C=O) groups excluding carboxylic acids is 1. The molecule has 1 aliphatic carbocycles. The highest BCUT2D eigenvalue weighted by atomic mass is 32.2. The van der Waals surface area contributed by atoms with E-state index in [1.54, 1.807) is 0 Å². The summed E-state index contributed by atoms with van der Waals surface area (Å²) in [5.41, 5.74) is 4.16. The van der Waals surface area contributed by atoms with Gasteiger partial charge in [-0.15, -0.1) is 0 Å². The van der Waals surface area contributed by atoms with Crippen LogP contribution in [0.1, 0.15) is 6.42 Å². The number of hydrogen-bond acceptors (Lipinski definition) is 5. The Morgan fingerprint density at radius 2 is 1.95 bits per heavy atom. The third-order valence-electron chi connectivity index (χ3n) is 3.25. The number of ketones is 1. The Bertz CT molecular complexity index is 580. The quantitative estimate of drug-likeness (QED) is 0.775. The van der Waals surface area contributed by atoms with Gasteiger partial charge < -0.3 is 0 Å². The Hall–Kier alpha value is -1.19. The van der Waals surface area contributed by atoms with Gasteiger partial charge in [0.15, 0.2) is 21.0 Å². The van der Waals surface area contributed by atoms with Crippen molar-refractivity contribution in [3.63, 3.8) is 0 Å². The first-order valence-corrected chi connectivity index (χ1v) is 7.75. The number of Topliss-reactive ketones (excluding diaryl/α,β-unsaturated/α-hetero) is 1. The van der Waals surface area contributed by atoms with Gasteiger partial charge in [0.05, 0.1) is 11.6 Å². The highest BCUT2D eigenvalue weighted by Gasteiger charge is 2.43. The molecule has 112 valence electrons. The van der Waals surface area contributed by atoms with E-state index in [0.717, 1.165) is 18.4 Å². The van der Waals surface area contributed by atoms with E-state index in [9.17, 15) is 26.4 Å². The molecule has 0 bridgehead atoms. The van der Waals surface area contributed by atoms with Gasteiger partial charge in [0.1, 0.15) is 0 Å². The van der Waals surface area contributed by atoms with E-state index in [4.69, 9.17) is 0 Å². The monoisotopic (exact) mass is 310 g/mol. The van der Waals surface area contributed by atoms with Crippen LogP contribution in [0.2, 0.25) is 0 Å². The Kier molecular flexibility index (Phi) is 3.78. The van der Waals surface area contributed by atoms with Crippen molar-refractivity contribution in [3.05, 3.63) is 23.8 Å². The largest absolute Gasteiger partial charge is 0.416 e. The van der Waals surface area contributed by atoms with Crippen molar-refractivity contribution in [2.75, 3.05) is 6.26 Å². The minimum absolute atomic E-state index is 0.0207. The zero-order valence-corrected chi connectivity index (χ0v) is 11.3. The molecule has 1 heterocycles. The standard InChI is InChI=1S/C11H13F3N2O3S/c1-20(18,19)10-9(17)8(15-16-10)6-2-4-7(5-3-6)11(12,13)14/h2,4-6,8,10,15-16H,3H2,1H3. The topological polar surface area (TPSA) is 75.3 Å². The lowest BCUT2D eigenvalue weighted by Crippen LogP contribution is -2.38.